The summed E-state index contributed by atoms with van der Waals surface area (Å²) in [5, 5.41) is 11.5. The molecule has 0 saturated carbocycles. The maximum atomic E-state index is 11.6. The molecule has 0 aliphatic carbocycles. The van der Waals surface area contributed by atoms with E-state index in [0.29, 0.717) is 11.4 Å². The number of carbonyl (C=O) groups excluding carboxylic acids is 1. The van der Waals surface area contributed by atoms with Gasteiger partial charge in [-0.1, -0.05) is 18.2 Å². The van der Waals surface area contributed by atoms with E-state index in [1.165, 1.54) is 31.4 Å². The first-order valence-corrected chi connectivity index (χ1v) is 5.60. The number of ether oxygens (including phenoxy) is 1. The quantitative estimate of drug-likeness (QED) is 0.630. The predicted octanol–water partition coefficient (Wildman–Crippen LogP) is 2.46. The smallest absolute Gasteiger partial charge is 0.335 e. The average Bonchev–Trinajstić information content (AvgIpc) is 2.38. The number of carboxylic acids is 1. The molecule has 1 rings (SSSR count). The SMILES string of the molecule is CC=CC=CC(=O)Nc1cc(C(=O)O)ccc1OC. The second-order valence-corrected chi connectivity index (χ2v) is 3.59. The number of methoxy groups -OCH3 is 1. The summed E-state index contributed by atoms with van der Waals surface area (Å²) in [6, 6.07) is 4.25. The van der Waals surface area contributed by atoms with Gasteiger partial charge in [-0.2, -0.15) is 0 Å². The molecule has 1 amide bonds. The van der Waals surface area contributed by atoms with Crippen molar-refractivity contribution in [1.82, 2.24) is 0 Å². The first-order chi connectivity index (χ1) is 9.08. The fourth-order valence-corrected chi connectivity index (χ4v) is 1.37. The van der Waals surface area contributed by atoms with Crippen molar-refractivity contribution in [1.29, 1.82) is 0 Å². The summed E-state index contributed by atoms with van der Waals surface area (Å²) in [6.45, 7) is 1.83. The number of carbonyl (C=O) groups is 2. The lowest BCUT2D eigenvalue weighted by atomic mass is 10.2. The molecule has 5 nitrogen and oxygen atoms in total. The zero-order chi connectivity index (χ0) is 14.3. The van der Waals surface area contributed by atoms with Gasteiger partial charge >= 0.3 is 5.97 Å². The first kappa shape index (κ1) is 14.5. The summed E-state index contributed by atoms with van der Waals surface area (Å²) in [7, 11) is 1.45. The number of hydrogen-bond acceptors (Lipinski definition) is 3. The van der Waals surface area contributed by atoms with Crippen LogP contribution in [-0.2, 0) is 4.79 Å². The molecule has 0 bridgehead atoms. The van der Waals surface area contributed by atoms with E-state index in [1.54, 1.807) is 18.2 Å². The number of aromatic carboxylic acids is 1. The normalized spacial score (nSPS) is 10.8. The van der Waals surface area contributed by atoms with Gasteiger partial charge in [0.1, 0.15) is 5.75 Å². The standard InChI is InChI=1S/C14H15NO4/c1-3-4-5-6-13(16)15-11-9-10(14(17)18)7-8-12(11)19-2/h3-9H,1-2H3,(H,15,16)(H,17,18). The Morgan fingerprint density at radius 1 is 1.32 bits per heavy atom. The van der Waals surface area contributed by atoms with Crippen LogP contribution in [0.4, 0.5) is 5.69 Å². The zero-order valence-electron chi connectivity index (χ0n) is 10.7. The van der Waals surface area contributed by atoms with Crippen LogP contribution in [0.25, 0.3) is 0 Å². The third-order valence-electron chi connectivity index (χ3n) is 2.26. The lowest BCUT2D eigenvalue weighted by Gasteiger charge is -2.09. The topological polar surface area (TPSA) is 75.6 Å². The Labute approximate surface area is 111 Å². The molecule has 0 atom stereocenters. The van der Waals surface area contributed by atoms with E-state index in [2.05, 4.69) is 5.32 Å². The highest BCUT2D eigenvalue weighted by molar-refractivity contribution is 6.01. The fourth-order valence-electron chi connectivity index (χ4n) is 1.37. The summed E-state index contributed by atoms with van der Waals surface area (Å²) >= 11 is 0. The van der Waals surface area contributed by atoms with Gasteiger partial charge < -0.3 is 15.2 Å². The summed E-state index contributed by atoms with van der Waals surface area (Å²) in [5.74, 6) is -1.03. The van der Waals surface area contributed by atoms with Gasteiger partial charge in [0.05, 0.1) is 18.4 Å². The van der Waals surface area contributed by atoms with Crippen molar-refractivity contribution < 1.29 is 19.4 Å². The highest BCUT2D eigenvalue weighted by atomic mass is 16.5. The van der Waals surface area contributed by atoms with Crippen LogP contribution in [0.2, 0.25) is 0 Å². The van der Waals surface area contributed by atoms with E-state index in [0.717, 1.165) is 0 Å². The molecule has 0 aliphatic heterocycles. The Hall–Kier alpha value is -2.56. The second kappa shape index (κ2) is 7.00. The third-order valence-corrected chi connectivity index (χ3v) is 2.26. The summed E-state index contributed by atoms with van der Waals surface area (Å²) in [5.41, 5.74) is 0.395. The third kappa shape index (κ3) is 4.31. The highest BCUT2D eigenvalue weighted by Gasteiger charge is 2.10. The molecule has 0 saturated heterocycles. The number of benzene rings is 1. The zero-order valence-corrected chi connectivity index (χ0v) is 10.7. The Kier molecular flexibility index (Phi) is 5.35. The fraction of sp³-hybridized carbons (Fsp3) is 0.143. The first-order valence-electron chi connectivity index (χ1n) is 5.60. The molecule has 0 spiro atoms. The molecule has 5 heteroatoms. The summed E-state index contributed by atoms with van der Waals surface area (Å²) < 4.78 is 5.06. The van der Waals surface area contributed by atoms with E-state index in [9.17, 15) is 9.59 Å². The lowest BCUT2D eigenvalue weighted by molar-refractivity contribution is -0.111. The molecule has 0 fully saturated rings. The van der Waals surface area contributed by atoms with Crippen LogP contribution in [0.5, 0.6) is 5.75 Å². The Morgan fingerprint density at radius 3 is 2.63 bits per heavy atom. The van der Waals surface area contributed by atoms with Crippen LogP contribution in [-0.4, -0.2) is 24.1 Å². The maximum absolute atomic E-state index is 11.6. The Morgan fingerprint density at radius 2 is 2.05 bits per heavy atom. The van der Waals surface area contributed by atoms with Crippen LogP contribution < -0.4 is 10.1 Å². The van der Waals surface area contributed by atoms with E-state index in [-0.39, 0.29) is 11.5 Å². The van der Waals surface area contributed by atoms with E-state index in [4.69, 9.17) is 9.84 Å². The van der Waals surface area contributed by atoms with Gasteiger partial charge in [0.2, 0.25) is 5.91 Å². The summed E-state index contributed by atoms with van der Waals surface area (Å²) in [4.78, 5) is 22.5. The second-order valence-electron chi connectivity index (χ2n) is 3.59. The molecule has 0 aliphatic rings. The predicted molar refractivity (Wildman–Crippen MR) is 72.5 cm³/mol. The number of rotatable bonds is 5. The van der Waals surface area contributed by atoms with Gasteiger partial charge in [-0.15, -0.1) is 0 Å². The number of hydrogen-bond donors (Lipinski definition) is 2. The number of carboxylic acid groups (broad SMARTS) is 1. The monoisotopic (exact) mass is 261 g/mol. The van der Waals surface area contributed by atoms with E-state index in [1.807, 2.05) is 6.92 Å². The molecule has 1 aromatic carbocycles. The minimum Gasteiger partial charge on any atom is -0.495 e. The van der Waals surface area contributed by atoms with Crippen molar-refractivity contribution in [2.75, 3.05) is 12.4 Å². The van der Waals surface area contributed by atoms with Crippen molar-refractivity contribution in [3.8, 4) is 5.75 Å². The van der Waals surface area contributed by atoms with Gasteiger partial charge in [0, 0.05) is 6.08 Å². The molecule has 1 aromatic rings. The van der Waals surface area contributed by atoms with Gasteiger partial charge in [0.15, 0.2) is 0 Å². The molecular weight excluding hydrogens is 246 g/mol. The van der Waals surface area contributed by atoms with Gasteiger partial charge in [0.25, 0.3) is 0 Å². The van der Waals surface area contributed by atoms with Gasteiger partial charge in [-0.05, 0) is 25.1 Å². The number of allylic oxidation sites excluding steroid dienone is 3. The van der Waals surface area contributed by atoms with Crippen LogP contribution >= 0.6 is 0 Å². The molecule has 0 heterocycles. The highest BCUT2D eigenvalue weighted by Crippen LogP contribution is 2.25. The molecule has 0 unspecified atom stereocenters. The minimum atomic E-state index is -1.07. The maximum Gasteiger partial charge on any atom is 0.335 e. The number of nitrogens with one attached hydrogen (secondary N) is 1. The molecule has 0 radical (unpaired) electrons. The lowest BCUT2D eigenvalue weighted by Crippen LogP contribution is -2.10. The summed E-state index contributed by atoms with van der Waals surface area (Å²) in [6.07, 6.45) is 6.43. The Bertz CT molecular complexity index is 532. The van der Waals surface area contributed by atoms with Crippen molar-refractivity contribution in [3.05, 3.63) is 48.1 Å². The largest absolute Gasteiger partial charge is 0.495 e. The van der Waals surface area contributed by atoms with Crippen LogP contribution in [0.1, 0.15) is 17.3 Å². The molecular formula is C14H15NO4. The molecule has 19 heavy (non-hydrogen) atoms. The number of amides is 1. The van der Waals surface area contributed by atoms with Crippen LogP contribution in [0.15, 0.2) is 42.5 Å². The number of anilines is 1. The van der Waals surface area contributed by atoms with Crippen LogP contribution in [0, 0.1) is 0 Å². The van der Waals surface area contributed by atoms with Crippen molar-refractivity contribution in [3.63, 3.8) is 0 Å². The van der Waals surface area contributed by atoms with Gasteiger partial charge in [-0.25, -0.2) is 4.79 Å². The average molecular weight is 261 g/mol. The van der Waals surface area contributed by atoms with Gasteiger partial charge in [-0.3, -0.25) is 4.79 Å². The van der Waals surface area contributed by atoms with Crippen molar-refractivity contribution >= 4 is 17.6 Å². The minimum absolute atomic E-state index is 0.0773. The van der Waals surface area contributed by atoms with Crippen LogP contribution in [0.3, 0.4) is 0 Å². The van der Waals surface area contributed by atoms with Crippen molar-refractivity contribution in [2.24, 2.45) is 0 Å². The molecule has 100 valence electrons. The molecule has 0 aromatic heterocycles. The molecule has 2 N–H and O–H groups in total. The Balaban J connectivity index is 2.94. The van der Waals surface area contributed by atoms with E-state index < -0.39 is 5.97 Å². The van der Waals surface area contributed by atoms with E-state index >= 15 is 0 Å². The van der Waals surface area contributed by atoms with Crippen molar-refractivity contribution in [2.45, 2.75) is 6.92 Å².